The Bertz CT molecular complexity index is 842. The Kier molecular flexibility index (Phi) is 7.42. The van der Waals surface area contributed by atoms with E-state index >= 15 is 0 Å². The summed E-state index contributed by atoms with van der Waals surface area (Å²) in [4.78, 5) is 26.9. The van der Waals surface area contributed by atoms with Crippen LogP contribution in [0.3, 0.4) is 0 Å². The number of likely N-dealkylation sites (N-methyl/N-ethyl adjacent to an activating group) is 1. The smallest absolute Gasteiger partial charge is 0.251 e. The van der Waals surface area contributed by atoms with Crippen molar-refractivity contribution >= 4 is 17.5 Å². The number of carbonyl (C=O) groups excluding carboxylic acids is 2. The van der Waals surface area contributed by atoms with Crippen LogP contribution in [0.15, 0.2) is 42.5 Å². The molecule has 0 unspecified atom stereocenters. The van der Waals surface area contributed by atoms with E-state index in [-0.39, 0.29) is 11.8 Å². The van der Waals surface area contributed by atoms with Gasteiger partial charge in [-0.25, -0.2) is 0 Å². The van der Waals surface area contributed by atoms with Crippen LogP contribution in [0.5, 0.6) is 0 Å². The second-order valence-electron chi connectivity index (χ2n) is 7.54. The monoisotopic (exact) mass is 393 g/mol. The second-order valence-corrected chi connectivity index (χ2v) is 7.54. The summed E-state index contributed by atoms with van der Waals surface area (Å²) in [5.74, 6) is -0.132. The minimum Gasteiger partial charge on any atom is -0.351 e. The first-order chi connectivity index (χ1) is 14.1. The van der Waals surface area contributed by atoms with E-state index in [1.54, 1.807) is 24.3 Å². The Morgan fingerprint density at radius 1 is 0.966 bits per heavy atom. The van der Waals surface area contributed by atoms with E-state index in [1.807, 2.05) is 0 Å². The molecule has 5 nitrogen and oxygen atoms in total. The van der Waals surface area contributed by atoms with Crippen LogP contribution >= 0.6 is 0 Å². The molecule has 29 heavy (non-hydrogen) atoms. The van der Waals surface area contributed by atoms with E-state index in [0.717, 1.165) is 38.0 Å². The quantitative estimate of drug-likeness (QED) is 0.686. The topological polar surface area (TPSA) is 61.4 Å². The van der Waals surface area contributed by atoms with Crippen molar-refractivity contribution in [1.29, 1.82) is 0 Å². The van der Waals surface area contributed by atoms with Gasteiger partial charge in [-0.05, 0) is 73.3 Å². The van der Waals surface area contributed by atoms with Gasteiger partial charge in [0.25, 0.3) is 5.91 Å². The number of amides is 2. The summed E-state index contributed by atoms with van der Waals surface area (Å²) in [6.45, 7) is 7.65. The Morgan fingerprint density at radius 2 is 1.69 bits per heavy atom. The fourth-order valence-electron chi connectivity index (χ4n) is 3.80. The van der Waals surface area contributed by atoms with Crippen molar-refractivity contribution in [2.75, 3.05) is 31.5 Å². The Morgan fingerprint density at radius 3 is 2.41 bits per heavy atom. The maximum absolute atomic E-state index is 12.4. The molecule has 0 radical (unpaired) electrons. The molecule has 1 aliphatic carbocycles. The Balaban J connectivity index is 1.48. The van der Waals surface area contributed by atoms with Crippen LogP contribution < -0.4 is 10.6 Å². The highest BCUT2D eigenvalue weighted by atomic mass is 16.2. The number of hydrogen-bond acceptors (Lipinski definition) is 3. The average molecular weight is 394 g/mol. The van der Waals surface area contributed by atoms with Crippen molar-refractivity contribution in [3.63, 3.8) is 0 Å². The molecule has 0 saturated carbocycles. The number of nitrogens with one attached hydrogen (secondary N) is 2. The zero-order chi connectivity index (χ0) is 20.6. The zero-order valence-corrected chi connectivity index (χ0v) is 17.5. The molecule has 2 amide bonds. The molecule has 0 atom stereocenters. The molecule has 0 spiro atoms. The van der Waals surface area contributed by atoms with Crippen molar-refractivity contribution in [3.05, 3.63) is 64.7 Å². The Hall–Kier alpha value is -2.66. The number of hydrogen-bond donors (Lipinski definition) is 2. The number of nitrogens with zero attached hydrogens (tertiary/aromatic N) is 1. The summed E-state index contributed by atoms with van der Waals surface area (Å²) in [5.41, 5.74) is 5.15. The third-order valence-electron chi connectivity index (χ3n) is 5.57. The molecule has 0 fully saturated rings. The van der Waals surface area contributed by atoms with Gasteiger partial charge in [0.1, 0.15) is 0 Å². The van der Waals surface area contributed by atoms with Crippen LogP contribution in [0.25, 0.3) is 0 Å². The van der Waals surface area contributed by atoms with Gasteiger partial charge in [-0.3, -0.25) is 9.59 Å². The average Bonchev–Trinajstić information content (AvgIpc) is 3.19. The van der Waals surface area contributed by atoms with Gasteiger partial charge in [0.2, 0.25) is 5.91 Å². The largest absolute Gasteiger partial charge is 0.351 e. The van der Waals surface area contributed by atoms with Crippen LogP contribution in [0.1, 0.15) is 47.3 Å². The van der Waals surface area contributed by atoms with Gasteiger partial charge in [-0.2, -0.15) is 0 Å². The van der Waals surface area contributed by atoms with Gasteiger partial charge in [-0.1, -0.05) is 32.0 Å². The number of anilines is 1. The van der Waals surface area contributed by atoms with Crippen molar-refractivity contribution < 1.29 is 9.59 Å². The van der Waals surface area contributed by atoms with Crippen molar-refractivity contribution in [1.82, 2.24) is 10.2 Å². The van der Waals surface area contributed by atoms with Gasteiger partial charge >= 0.3 is 0 Å². The lowest BCUT2D eigenvalue weighted by atomic mass is 10.0. The van der Waals surface area contributed by atoms with Crippen LogP contribution in [0.2, 0.25) is 0 Å². The predicted molar refractivity (Wildman–Crippen MR) is 117 cm³/mol. The van der Waals surface area contributed by atoms with Crippen LogP contribution in [0, 0.1) is 0 Å². The fourth-order valence-corrected chi connectivity index (χ4v) is 3.80. The highest BCUT2D eigenvalue weighted by molar-refractivity contribution is 5.96. The lowest BCUT2D eigenvalue weighted by Crippen LogP contribution is -2.34. The molecule has 0 aromatic heterocycles. The van der Waals surface area contributed by atoms with E-state index in [0.29, 0.717) is 24.2 Å². The highest BCUT2D eigenvalue weighted by Crippen LogP contribution is 2.23. The first-order valence-electron chi connectivity index (χ1n) is 10.6. The van der Waals surface area contributed by atoms with Gasteiger partial charge in [0.15, 0.2) is 0 Å². The third kappa shape index (κ3) is 5.91. The SMILES string of the molecule is CCN(CC)CCNC(=O)c1ccc(NC(=O)Cc2ccc3c(c2)CCC3)cc1. The van der Waals surface area contributed by atoms with Gasteiger partial charge < -0.3 is 15.5 Å². The molecule has 1 aliphatic rings. The molecule has 154 valence electrons. The zero-order valence-electron chi connectivity index (χ0n) is 17.5. The molecule has 0 aliphatic heterocycles. The van der Waals surface area contributed by atoms with Crippen LogP contribution in [-0.2, 0) is 24.1 Å². The van der Waals surface area contributed by atoms with Crippen LogP contribution in [0.4, 0.5) is 5.69 Å². The molecular formula is C24H31N3O2. The predicted octanol–water partition coefficient (Wildman–Crippen LogP) is 3.43. The van der Waals surface area contributed by atoms with Crippen molar-refractivity contribution in [2.45, 2.75) is 39.5 Å². The van der Waals surface area contributed by atoms with E-state index in [1.165, 1.54) is 17.5 Å². The first-order valence-corrected chi connectivity index (χ1v) is 10.6. The summed E-state index contributed by atoms with van der Waals surface area (Å²) in [6, 6.07) is 13.4. The molecule has 3 rings (SSSR count). The van der Waals surface area contributed by atoms with Gasteiger partial charge in [0, 0.05) is 24.3 Å². The minimum absolute atomic E-state index is 0.0422. The number of aryl methyl sites for hydroxylation is 2. The summed E-state index contributed by atoms with van der Waals surface area (Å²) < 4.78 is 0. The summed E-state index contributed by atoms with van der Waals surface area (Å²) in [7, 11) is 0. The minimum atomic E-state index is -0.0897. The summed E-state index contributed by atoms with van der Waals surface area (Å²) in [5, 5.41) is 5.86. The first kappa shape index (κ1) is 21.1. The number of benzene rings is 2. The third-order valence-corrected chi connectivity index (χ3v) is 5.57. The van der Waals surface area contributed by atoms with E-state index < -0.39 is 0 Å². The lowest BCUT2D eigenvalue weighted by Gasteiger charge is -2.18. The maximum atomic E-state index is 12.4. The number of fused-ring (bicyclic) bond motifs is 1. The molecule has 0 heterocycles. The molecule has 5 heteroatoms. The molecule has 0 saturated heterocycles. The van der Waals surface area contributed by atoms with Gasteiger partial charge in [0.05, 0.1) is 6.42 Å². The van der Waals surface area contributed by atoms with Crippen molar-refractivity contribution in [2.24, 2.45) is 0 Å². The van der Waals surface area contributed by atoms with Crippen molar-refractivity contribution in [3.8, 4) is 0 Å². The highest BCUT2D eigenvalue weighted by Gasteiger charge is 2.13. The van der Waals surface area contributed by atoms with E-state index in [2.05, 4.69) is 47.6 Å². The summed E-state index contributed by atoms with van der Waals surface area (Å²) in [6.07, 6.45) is 3.84. The lowest BCUT2D eigenvalue weighted by molar-refractivity contribution is -0.115. The van der Waals surface area contributed by atoms with Gasteiger partial charge in [-0.15, -0.1) is 0 Å². The van der Waals surface area contributed by atoms with E-state index in [4.69, 9.17) is 0 Å². The van der Waals surface area contributed by atoms with Crippen LogP contribution in [-0.4, -0.2) is 42.9 Å². The summed E-state index contributed by atoms with van der Waals surface area (Å²) >= 11 is 0. The number of rotatable bonds is 9. The molecule has 0 bridgehead atoms. The number of carbonyl (C=O) groups is 2. The maximum Gasteiger partial charge on any atom is 0.251 e. The Labute approximate surface area is 173 Å². The molecule has 2 N–H and O–H groups in total. The normalized spacial score (nSPS) is 12.7. The fraction of sp³-hybridized carbons (Fsp3) is 0.417. The van der Waals surface area contributed by atoms with E-state index in [9.17, 15) is 9.59 Å². The molecule has 2 aromatic carbocycles. The standard InChI is InChI=1S/C24H31N3O2/c1-3-27(4-2)15-14-25-24(29)20-10-12-22(13-11-20)26-23(28)17-18-8-9-19-6-5-7-21(19)16-18/h8-13,16H,3-7,14-15,17H2,1-2H3,(H,25,29)(H,26,28). The second kappa shape index (κ2) is 10.2. The molecular weight excluding hydrogens is 362 g/mol. The molecule has 2 aromatic rings.